The zero-order valence-corrected chi connectivity index (χ0v) is 11.7. The van der Waals surface area contributed by atoms with E-state index in [1.54, 1.807) is 0 Å². The number of likely N-dealkylation sites (N-methyl/N-ethyl adjacent to an activating group) is 1. The minimum Gasteiger partial charge on any atom is -0.339 e. The number of anilines is 1. The monoisotopic (exact) mass is 249 g/mol. The van der Waals surface area contributed by atoms with E-state index in [2.05, 4.69) is 40.8 Å². The molecule has 1 saturated heterocycles. The Morgan fingerprint density at radius 1 is 1.44 bits per heavy atom. The molecule has 5 nitrogen and oxygen atoms in total. The van der Waals surface area contributed by atoms with Crippen LogP contribution in [0.5, 0.6) is 0 Å². The number of rotatable bonds is 3. The number of nitrogens with two attached hydrogens (primary N) is 1. The minimum absolute atomic E-state index is 0.503. The van der Waals surface area contributed by atoms with Crippen molar-refractivity contribution >= 4 is 5.95 Å². The van der Waals surface area contributed by atoms with Crippen molar-refractivity contribution in [2.75, 3.05) is 32.1 Å². The third-order valence-corrected chi connectivity index (χ3v) is 3.81. The second-order valence-corrected chi connectivity index (χ2v) is 5.40. The molecule has 1 fully saturated rings. The highest BCUT2D eigenvalue weighted by Gasteiger charge is 2.32. The highest BCUT2D eigenvalue weighted by atomic mass is 15.3. The molecule has 0 radical (unpaired) electrons. The van der Waals surface area contributed by atoms with Crippen LogP contribution in [-0.2, 0) is 6.54 Å². The average Bonchev–Trinajstić information content (AvgIpc) is 2.71. The molecule has 0 amide bonds. The standard InChI is InChI=1S/C13H23N5/c1-9-7-18(8-12(9)17(3)4)13-15-6-11(5-14)10(2)16-13/h6,9,12H,5,7-8,14H2,1-4H3. The van der Waals surface area contributed by atoms with E-state index < -0.39 is 0 Å². The van der Waals surface area contributed by atoms with E-state index in [4.69, 9.17) is 5.73 Å². The fraction of sp³-hybridized carbons (Fsp3) is 0.692. The lowest BCUT2D eigenvalue weighted by Crippen LogP contribution is -2.34. The summed E-state index contributed by atoms with van der Waals surface area (Å²) in [6.45, 7) is 6.80. The van der Waals surface area contributed by atoms with Crippen LogP contribution in [0.2, 0.25) is 0 Å². The number of hydrogen-bond donors (Lipinski definition) is 1. The van der Waals surface area contributed by atoms with Crippen LogP contribution >= 0.6 is 0 Å². The van der Waals surface area contributed by atoms with Crippen LogP contribution < -0.4 is 10.6 Å². The van der Waals surface area contributed by atoms with E-state index in [1.165, 1.54) is 0 Å². The smallest absolute Gasteiger partial charge is 0.225 e. The maximum atomic E-state index is 5.64. The average molecular weight is 249 g/mol. The largest absolute Gasteiger partial charge is 0.339 e. The first-order chi connectivity index (χ1) is 8.52. The van der Waals surface area contributed by atoms with E-state index in [-0.39, 0.29) is 0 Å². The normalized spacial score (nSPS) is 24.0. The Balaban J connectivity index is 2.16. The van der Waals surface area contributed by atoms with E-state index in [9.17, 15) is 0 Å². The van der Waals surface area contributed by atoms with Gasteiger partial charge in [0.15, 0.2) is 0 Å². The van der Waals surface area contributed by atoms with Crippen molar-refractivity contribution in [1.29, 1.82) is 0 Å². The Morgan fingerprint density at radius 3 is 2.67 bits per heavy atom. The van der Waals surface area contributed by atoms with Gasteiger partial charge < -0.3 is 15.5 Å². The molecule has 2 rings (SSSR count). The van der Waals surface area contributed by atoms with Gasteiger partial charge in [-0.2, -0.15) is 0 Å². The summed E-state index contributed by atoms with van der Waals surface area (Å²) in [6.07, 6.45) is 1.85. The molecule has 0 bridgehead atoms. The highest BCUT2D eigenvalue weighted by molar-refractivity contribution is 5.35. The zero-order valence-electron chi connectivity index (χ0n) is 11.7. The van der Waals surface area contributed by atoms with Gasteiger partial charge in [0.1, 0.15) is 0 Å². The van der Waals surface area contributed by atoms with E-state index in [0.717, 1.165) is 30.3 Å². The Bertz CT molecular complexity index is 418. The van der Waals surface area contributed by atoms with Gasteiger partial charge in [0.25, 0.3) is 0 Å². The highest BCUT2D eigenvalue weighted by Crippen LogP contribution is 2.23. The maximum Gasteiger partial charge on any atom is 0.225 e. The maximum absolute atomic E-state index is 5.64. The summed E-state index contributed by atoms with van der Waals surface area (Å²) in [6, 6.07) is 0.572. The molecular weight excluding hydrogens is 226 g/mol. The summed E-state index contributed by atoms with van der Waals surface area (Å²) in [7, 11) is 4.27. The molecule has 0 aromatic carbocycles. The van der Waals surface area contributed by atoms with Crippen LogP contribution in [0.4, 0.5) is 5.95 Å². The third-order valence-electron chi connectivity index (χ3n) is 3.81. The van der Waals surface area contributed by atoms with Crippen molar-refractivity contribution in [3.8, 4) is 0 Å². The van der Waals surface area contributed by atoms with Crippen LogP contribution in [0.15, 0.2) is 6.20 Å². The first-order valence-electron chi connectivity index (χ1n) is 6.47. The number of aryl methyl sites for hydroxylation is 1. The van der Waals surface area contributed by atoms with Crippen molar-refractivity contribution in [2.24, 2.45) is 11.7 Å². The van der Waals surface area contributed by atoms with Gasteiger partial charge in [0.2, 0.25) is 5.95 Å². The van der Waals surface area contributed by atoms with Crippen molar-refractivity contribution in [3.63, 3.8) is 0 Å². The topological polar surface area (TPSA) is 58.3 Å². The summed E-state index contributed by atoms with van der Waals surface area (Å²) in [5, 5.41) is 0. The molecule has 1 aromatic rings. The molecule has 1 aliphatic heterocycles. The van der Waals surface area contributed by atoms with Gasteiger partial charge in [-0.3, -0.25) is 0 Å². The molecule has 100 valence electrons. The number of aromatic nitrogens is 2. The molecule has 2 heterocycles. The lowest BCUT2D eigenvalue weighted by atomic mass is 10.1. The zero-order chi connectivity index (χ0) is 13.3. The number of hydrogen-bond acceptors (Lipinski definition) is 5. The molecule has 18 heavy (non-hydrogen) atoms. The first-order valence-corrected chi connectivity index (χ1v) is 6.47. The van der Waals surface area contributed by atoms with Gasteiger partial charge >= 0.3 is 0 Å². The molecular formula is C13H23N5. The molecule has 2 atom stereocenters. The fourth-order valence-corrected chi connectivity index (χ4v) is 2.62. The summed E-state index contributed by atoms with van der Waals surface area (Å²) in [4.78, 5) is 13.6. The van der Waals surface area contributed by atoms with Crippen LogP contribution in [0, 0.1) is 12.8 Å². The van der Waals surface area contributed by atoms with Gasteiger partial charge in [-0.05, 0) is 26.9 Å². The van der Waals surface area contributed by atoms with Crippen LogP contribution in [0.25, 0.3) is 0 Å². The molecule has 0 aliphatic carbocycles. The van der Waals surface area contributed by atoms with Crippen molar-refractivity contribution in [3.05, 3.63) is 17.5 Å². The quantitative estimate of drug-likeness (QED) is 0.851. The van der Waals surface area contributed by atoms with Crippen LogP contribution in [-0.4, -0.2) is 48.1 Å². The van der Waals surface area contributed by atoms with Crippen LogP contribution in [0.3, 0.4) is 0 Å². The summed E-state index contributed by atoms with van der Waals surface area (Å²) >= 11 is 0. The summed E-state index contributed by atoms with van der Waals surface area (Å²) in [5.74, 6) is 1.47. The second-order valence-electron chi connectivity index (χ2n) is 5.40. The van der Waals surface area contributed by atoms with Gasteiger partial charge in [-0.25, -0.2) is 9.97 Å². The molecule has 1 aromatic heterocycles. The van der Waals surface area contributed by atoms with Gasteiger partial charge in [0, 0.05) is 43.1 Å². The number of nitrogens with zero attached hydrogens (tertiary/aromatic N) is 4. The summed E-state index contributed by atoms with van der Waals surface area (Å²) in [5.41, 5.74) is 7.65. The molecule has 0 spiro atoms. The third kappa shape index (κ3) is 2.47. The lowest BCUT2D eigenvalue weighted by molar-refractivity contribution is 0.266. The van der Waals surface area contributed by atoms with Crippen LogP contribution in [0.1, 0.15) is 18.2 Å². The van der Waals surface area contributed by atoms with Crippen molar-refractivity contribution in [1.82, 2.24) is 14.9 Å². The predicted molar refractivity (Wildman–Crippen MR) is 73.5 cm³/mol. The minimum atomic E-state index is 0.503. The fourth-order valence-electron chi connectivity index (χ4n) is 2.62. The molecule has 5 heteroatoms. The SMILES string of the molecule is Cc1nc(N2CC(C)C(N(C)C)C2)ncc1CN. The van der Waals surface area contributed by atoms with E-state index in [1.807, 2.05) is 13.1 Å². The molecule has 2 unspecified atom stereocenters. The van der Waals surface area contributed by atoms with Gasteiger partial charge in [-0.15, -0.1) is 0 Å². The first kappa shape index (κ1) is 13.2. The lowest BCUT2D eigenvalue weighted by Gasteiger charge is -2.22. The Kier molecular flexibility index (Phi) is 3.82. The second kappa shape index (κ2) is 5.20. The Labute approximate surface area is 109 Å². The van der Waals surface area contributed by atoms with E-state index in [0.29, 0.717) is 18.5 Å². The van der Waals surface area contributed by atoms with E-state index >= 15 is 0 Å². The van der Waals surface area contributed by atoms with Gasteiger partial charge in [0.05, 0.1) is 0 Å². The molecule has 1 aliphatic rings. The molecule has 0 saturated carbocycles. The van der Waals surface area contributed by atoms with Gasteiger partial charge in [-0.1, -0.05) is 6.92 Å². The predicted octanol–water partition coefficient (Wildman–Crippen LogP) is 0.630. The molecule has 2 N–H and O–H groups in total. The Morgan fingerprint density at radius 2 is 2.17 bits per heavy atom. The van der Waals surface area contributed by atoms with Crippen molar-refractivity contribution in [2.45, 2.75) is 26.4 Å². The van der Waals surface area contributed by atoms with Crippen molar-refractivity contribution < 1.29 is 0 Å². The summed E-state index contributed by atoms with van der Waals surface area (Å²) < 4.78 is 0. The Hall–Kier alpha value is -1.20.